The summed E-state index contributed by atoms with van der Waals surface area (Å²) in [6.45, 7) is 1.19. The number of para-hydroxylation sites is 1. The monoisotopic (exact) mass is 411 g/mol. The molecular weight excluding hydrogens is 398 g/mol. The lowest BCUT2D eigenvalue weighted by Crippen LogP contribution is -2.14. The molecule has 0 spiro atoms. The van der Waals surface area contributed by atoms with Crippen LogP contribution in [0.25, 0.3) is 0 Å². The van der Waals surface area contributed by atoms with Crippen molar-refractivity contribution in [2.75, 3.05) is 5.32 Å². The number of phenolic OH excluding ortho intramolecular Hbond substituents is 1. The minimum Gasteiger partial charge on any atom is -0.510 e. The van der Waals surface area contributed by atoms with E-state index < -0.39 is 43.8 Å². The number of amides is 1. The predicted molar refractivity (Wildman–Crippen MR) is 97.8 cm³/mol. The molecule has 1 amide bonds. The van der Waals surface area contributed by atoms with Crippen LogP contribution in [0.1, 0.15) is 6.92 Å². The third-order valence-electron chi connectivity index (χ3n) is 3.14. The molecule has 0 radical (unpaired) electrons. The molecule has 11 heteroatoms. The van der Waals surface area contributed by atoms with Gasteiger partial charge in [0.25, 0.3) is 16.0 Å². The number of nitrogens with zero attached hydrogens (tertiary/aromatic N) is 2. The standard InChI is InChI=1S/C16H14ClN3O6S/c1-9(21)14(16(23)18-11-5-3-2-4-6-11)20-19-12-7-10(17)8-13(15(12)22)27(24,25)26/h2-8,21-22H,1H3,(H,18,23)(H,24,25,26). The molecule has 2 aromatic rings. The first-order valence-electron chi connectivity index (χ1n) is 7.27. The number of anilines is 1. The summed E-state index contributed by atoms with van der Waals surface area (Å²) in [5.41, 5.74) is -0.469. The van der Waals surface area contributed by atoms with Crippen molar-refractivity contribution in [2.24, 2.45) is 10.2 Å². The number of nitrogens with one attached hydrogen (secondary N) is 1. The molecular formula is C16H14ClN3O6S. The third-order valence-corrected chi connectivity index (χ3v) is 4.23. The van der Waals surface area contributed by atoms with E-state index in [0.717, 1.165) is 12.1 Å². The highest BCUT2D eigenvalue weighted by Crippen LogP contribution is 2.37. The zero-order valence-electron chi connectivity index (χ0n) is 13.8. The number of benzene rings is 2. The predicted octanol–water partition coefficient (Wildman–Crippen LogP) is 3.80. The van der Waals surface area contributed by atoms with E-state index in [1.807, 2.05) is 0 Å². The molecule has 27 heavy (non-hydrogen) atoms. The Morgan fingerprint density at radius 3 is 2.37 bits per heavy atom. The number of phenols is 1. The lowest BCUT2D eigenvalue weighted by atomic mass is 10.3. The topological polar surface area (TPSA) is 149 Å². The van der Waals surface area contributed by atoms with Crippen molar-refractivity contribution in [3.63, 3.8) is 0 Å². The van der Waals surface area contributed by atoms with Gasteiger partial charge in [-0.15, -0.1) is 10.2 Å². The fourth-order valence-corrected chi connectivity index (χ4v) is 2.83. The average Bonchev–Trinajstić information content (AvgIpc) is 2.57. The fraction of sp³-hybridized carbons (Fsp3) is 0.0625. The van der Waals surface area contributed by atoms with Gasteiger partial charge in [0.05, 0.1) is 0 Å². The van der Waals surface area contributed by atoms with E-state index in [1.165, 1.54) is 6.92 Å². The Hall–Kier alpha value is -2.95. The molecule has 0 saturated carbocycles. The Morgan fingerprint density at radius 1 is 1.19 bits per heavy atom. The molecule has 0 atom stereocenters. The van der Waals surface area contributed by atoms with Crippen LogP contribution >= 0.6 is 11.6 Å². The highest BCUT2D eigenvalue weighted by atomic mass is 35.5. The maximum Gasteiger partial charge on any atom is 0.298 e. The van der Waals surface area contributed by atoms with Crippen molar-refractivity contribution in [3.05, 3.63) is 58.9 Å². The number of hydrogen-bond donors (Lipinski definition) is 4. The molecule has 0 aliphatic heterocycles. The summed E-state index contributed by atoms with van der Waals surface area (Å²) >= 11 is 5.75. The number of aromatic hydroxyl groups is 1. The lowest BCUT2D eigenvalue weighted by Gasteiger charge is -2.07. The minimum atomic E-state index is -4.77. The molecule has 4 N–H and O–H groups in total. The van der Waals surface area contributed by atoms with E-state index in [2.05, 4.69) is 15.5 Å². The Bertz CT molecular complexity index is 1030. The second-order valence-electron chi connectivity index (χ2n) is 5.20. The first kappa shape index (κ1) is 20.4. The van der Waals surface area contributed by atoms with Gasteiger partial charge in [-0.3, -0.25) is 9.35 Å². The highest BCUT2D eigenvalue weighted by molar-refractivity contribution is 7.86. The van der Waals surface area contributed by atoms with Crippen LogP contribution in [0.3, 0.4) is 0 Å². The summed E-state index contributed by atoms with van der Waals surface area (Å²) in [5.74, 6) is -2.17. The summed E-state index contributed by atoms with van der Waals surface area (Å²) in [6, 6.07) is 10.2. The second kappa shape index (κ2) is 8.16. The fourth-order valence-electron chi connectivity index (χ4n) is 1.93. The number of allylic oxidation sites excluding steroid dienone is 1. The maximum absolute atomic E-state index is 12.2. The Labute approximate surface area is 159 Å². The number of halogens is 1. The van der Waals surface area contributed by atoms with Gasteiger partial charge < -0.3 is 15.5 Å². The van der Waals surface area contributed by atoms with Gasteiger partial charge in [0.2, 0.25) is 0 Å². The molecule has 0 aromatic heterocycles. The normalized spacial score (nSPS) is 12.7. The number of azo groups is 1. The van der Waals surface area contributed by atoms with E-state index in [1.54, 1.807) is 30.3 Å². The number of carbonyl (C=O) groups excluding carboxylic acids is 1. The van der Waals surface area contributed by atoms with Crippen LogP contribution in [0.15, 0.2) is 69.0 Å². The maximum atomic E-state index is 12.2. The molecule has 0 unspecified atom stereocenters. The van der Waals surface area contributed by atoms with Crippen molar-refractivity contribution < 1.29 is 28.0 Å². The summed E-state index contributed by atoms with van der Waals surface area (Å²) in [5, 5.41) is 29.1. The van der Waals surface area contributed by atoms with Crippen molar-refractivity contribution in [2.45, 2.75) is 11.8 Å². The van der Waals surface area contributed by atoms with Crippen LogP contribution in [-0.2, 0) is 14.9 Å². The zero-order valence-corrected chi connectivity index (χ0v) is 15.4. The Balaban J connectivity index is 2.38. The Morgan fingerprint density at radius 2 is 1.81 bits per heavy atom. The summed E-state index contributed by atoms with van der Waals surface area (Å²) in [7, 11) is -4.77. The zero-order chi connectivity index (χ0) is 20.2. The van der Waals surface area contributed by atoms with Crippen molar-refractivity contribution in [1.29, 1.82) is 0 Å². The van der Waals surface area contributed by atoms with Crippen molar-refractivity contribution >= 4 is 39.0 Å². The van der Waals surface area contributed by atoms with E-state index in [4.69, 9.17) is 16.2 Å². The second-order valence-corrected chi connectivity index (χ2v) is 7.03. The average molecular weight is 412 g/mol. The number of carbonyl (C=O) groups is 1. The van der Waals surface area contributed by atoms with Crippen molar-refractivity contribution in [3.8, 4) is 5.75 Å². The van der Waals surface area contributed by atoms with E-state index in [0.29, 0.717) is 5.69 Å². The van der Waals surface area contributed by atoms with Gasteiger partial charge in [0.1, 0.15) is 16.3 Å². The van der Waals surface area contributed by atoms with Gasteiger partial charge in [-0.25, -0.2) is 0 Å². The number of hydrogen-bond acceptors (Lipinski definition) is 7. The lowest BCUT2D eigenvalue weighted by molar-refractivity contribution is -0.113. The van der Waals surface area contributed by atoms with Gasteiger partial charge in [0.15, 0.2) is 11.4 Å². The van der Waals surface area contributed by atoms with Crippen molar-refractivity contribution in [1.82, 2.24) is 0 Å². The van der Waals surface area contributed by atoms with Crippen LogP contribution in [0.2, 0.25) is 5.02 Å². The number of rotatable bonds is 5. The molecule has 9 nitrogen and oxygen atoms in total. The molecule has 0 heterocycles. The van der Waals surface area contributed by atoms with Crippen LogP contribution in [-0.4, -0.2) is 29.1 Å². The summed E-state index contributed by atoms with van der Waals surface area (Å²) in [4.78, 5) is 11.4. The number of aliphatic hydroxyl groups excluding tert-OH is 1. The van der Waals surface area contributed by atoms with E-state index >= 15 is 0 Å². The molecule has 0 aliphatic rings. The number of aliphatic hydroxyl groups is 1. The Kier molecular flexibility index (Phi) is 6.16. The minimum absolute atomic E-state index is 0.158. The third kappa shape index (κ3) is 5.26. The van der Waals surface area contributed by atoms with Gasteiger partial charge >= 0.3 is 0 Å². The van der Waals surface area contributed by atoms with Crippen LogP contribution in [0, 0.1) is 0 Å². The molecule has 0 bridgehead atoms. The highest BCUT2D eigenvalue weighted by Gasteiger charge is 2.20. The summed E-state index contributed by atoms with van der Waals surface area (Å²) in [6.07, 6.45) is 0. The van der Waals surface area contributed by atoms with Gasteiger partial charge in [-0.2, -0.15) is 8.42 Å². The van der Waals surface area contributed by atoms with E-state index in [-0.39, 0.29) is 5.02 Å². The van der Waals surface area contributed by atoms with Crippen LogP contribution < -0.4 is 5.32 Å². The molecule has 2 rings (SSSR count). The van der Waals surface area contributed by atoms with Crippen LogP contribution in [0.4, 0.5) is 11.4 Å². The largest absolute Gasteiger partial charge is 0.510 e. The molecule has 0 fully saturated rings. The summed E-state index contributed by atoms with van der Waals surface area (Å²) < 4.78 is 31.6. The van der Waals surface area contributed by atoms with Gasteiger partial charge in [0, 0.05) is 10.7 Å². The van der Waals surface area contributed by atoms with E-state index in [9.17, 15) is 23.4 Å². The molecule has 0 aliphatic carbocycles. The quantitative estimate of drug-likeness (QED) is 0.254. The smallest absolute Gasteiger partial charge is 0.298 e. The molecule has 0 saturated heterocycles. The van der Waals surface area contributed by atoms with Gasteiger partial charge in [-0.1, -0.05) is 29.8 Å². The first-order valence-corrected chi connectivity index (χ1v) is 9.09. The SMILES string of the molecule is CC(O)=C(N=Nc1cc(Cl)cc(S(=O)(=O)O)c1O)C(=O)Nc1ccccc1. The molecule has 142 valence electrons. The van der Waals surface area contributed by atoms with Crippen LogP contribution in [0.5, 0.6) is 5.75 Å². The first-order chi connectivity index (χ1) is 12.6. The molecule has 2 aromatic carbocycles. The van der Waals surface area contributed by atoms with Gasteiger partial charge in [-0.05, 0) is 31.2 Å².